The van der Waals surface area contributed by atoms with E-state index in [0.717, 1.165) is 17.1 Å². The van der Waals surface area contributed by atoms with Crippen LogP contribution >= 0.6 is 11.3 Å². The summed E-state index contributed by atoms with van der Waals surface area (Å²) in [6.07, 6.45) is 0. The summed E-state index contributed by atoms with van der Waals surface area (Å²) in [5, 5.41) is 7.62. The number of fused-ring (bicyclic) bond motifs is 8. The molecule has 10 rings (SSSR count). The lowest BCUT2D eigenvalue weighted by molar-refractivity contribution is 1.18. The number of hydrogen-bond acceptors (Lipinski definition) is 2. The molecule has 3 heteroatoms. The molecule has 0 spiro atoms. The first-order chi connectivity index (χ1) is 24.3. The molecule has 8 aromatic carbocycles. The number of para-hydroxylation sites is 2. The summed E-state index contributed by atoms with van der Waals surface area (Å²) in [5.74, 6) is 0. The Morgan fingerprint density at radius 1 is 0.429 bits per heavy atom. The van der Waals surface area contributed by atoms with Crippen LogP contribution in [-0.4, -0.2) is 4.57 Å². The number of hydrogen-bond donors (Lipinski definition) is 0. The summed E-state index contributed by atoms with van der Waals surface area (Å²) in [5.41, 5.74) is 9.40. The lowest BCUT2D eigenvalue weighted by Gasteiger charge is -2.27. The summed E-state index contributed by atoms with van der Waals surface area (Å²) in [7, 11) is 0. The Bertz CT molecular complexity index is 2830. The van der Waals surface area contributed by atoms with Gasteiger partial charge in [0, 0.05) is 43.3 Å². The molecule has 0 unspecified atom stereocenters. The third kappa shape index (κ3) is 4.47. The Hall–Kier alpha value is -6.16. The summed E-state index contributed by atoms with van der Waals surface area (Å²) in [6.45, 7) is 0. The minimum Gasteiger partial charge on any atom is -0.309 e. The first-order valence-corrected chi connectivity index (χ1v) is 17.5. The van der Waals surface area contributed by atoms with Gasteiger partial charge < -0.3 is 9.47 Å². The number of nitrogens with zero attached hydrogens (tertiary/aromatic N) is 2. The molecule has 0 amide bonds. The molecule has 0 atom stereocenters. The van der Waals surface area contributed by atoms with E-state index in [1.54, 1.807) is 0 Å². The highest BCUT2D eigenvalue weighted by Gasteiger charge is 2.22. The van der Waals surface area contributed by atoms with Gasteiger partial charge in [-0.25, -0.2) is 0 Å². The van der Waals surface area contributed by atoms with Crippen molar-refractivity contribution in [3.05, 3.63) is 182 Å². The molecule has 0 N–H and O–H groups in total. The predicted octanol–water partition coefficient (Wildman–Crippen LogP) is 13.4. The first-order valence-electron chi connectivity index (χ1n) is 16.7. The van der Waals surface area contributed by atoms with Crippen LogP contribution in [0.4, 0.5) is 17.1 Å². The van der Waals surface area contributed by atoms with Crippen molar-refractivity contribution in [2.75, 3.05) is 4.90 Å². The Morgan fingerprint density at radius 2 is 1.08 bits per heavy atom. The normalized spacial score (nSPS) is 11.7. The van der Waals surface area contributed by atoms with Crippen molar-refractivity contribution in [3.8, 4) is 16.8 Å². The lowest BCUT2D eigenvalue weighted by atomic mass is 10.0. The van der Waals surface area contributed by atoms with Crippen molar-refractivity contribution in [1.29, 1.82) is 0 Å². The van der Waals surface area contributed by atoms with E-state index in [-0.39, 0.29) is 0 Å². The van der Waals surface area contributed by atoms with Crippen LogP contribution in [0.3, 0.4) is 0 Å². The van der Waals surface area contributed by atoms with Crippen LogP contribution in [0.25, 0.3) is 69.6 Å². The number of thiophene rings is 1. The molecule has 0 saturated carbocycles. The highest BCUT2D eigenvalue weighted by molar-refractivity contribution is 7.26. The van der Waals surface area contributed by atoms with E-state index in [2.05, 4.69) is 191 Å². The van der Waals surface area contributed by atoms with Crippen LogP contribution in [-0.2, 0) is 0 Å². The second-order valence-corrected chi connectivity index (χ2v) is 13.6. The van der Waals surface area contributed by atoms with Gasteiger partial charge >= 0.3 is 0 Å². The molecule has 2 aromatic heterocycles. The molecular formula is C46H30N2S. The zero-order valence-corrected chi connectivity index (χ0v) is 27.4. The van der Waals surface area contributed by atoms with Crippen LogP contribution in [0.1, 0.15) is 0 Å². The quantitative estimate of drug-likeness (QED) is 0.181. The van der Waals surface area contributed by atoms with Gasteiger partial charge in [0.05, 0.1) is 21.4 Å². The van der Waals surface area contributed by atoms with E-state index in [1.165, 1.54) is 69.6 Å². The monoisotopic (exact) mass is 642 g/mol. The van der Waals surface area contributed by atoms with Gasteiger partial charge in [-0.3, -0.25) is 0 Å². The Kier molecular flexibility index (Phi) is 6.39. The van der Waals surface area contributed by atoms with E-state index >= 15 is 0 Å². The SMILES string of the molecule is c1ccc(-c2cccc(N(c3ccc4c(c3)c3ccccc3n4-c3ccccc3)c3cc4ccccc4c4c3sc3ccccc34)c2)cc1. The van der Waals surface area contributed by atoms with Gasteiger partial charge in [-0.05, 0) is 82.6 Å². The standard InChI is InChI=1S/C46H30N2S/c1-3-14-31(15-4-1)32-17-13-20-35(28-32)47(43-29-33-16-7-8-21-37(33)45-39-23-10-12-25-44(39)49-46(43)45)36-26-27-42-40(30-36)38-22-9-11-24-41(38)48(42)34-18-5-2-6-19-34/h1-30H. The van der Waals surface area contributed by atoms with E-state index in [0.29, 0.717) is 0 Å². The van der Waals surface area contributed by atoms with Gasteiger partial charge in [0.25, 0.3) is 0 Å². The molecular weight excluding hydrogens is 613 g/mol. The topological polar surface area (TPSA) is 8.17 Å². The van der Waals surface area contributed by atoms with Gasteiger partial charge in [0.15, 0.2) is 0 Å². The van der Waals surface area contributed by atoms with E-state index in [9.17, 15) is 0 Å². The summed E-state index contributed by atoms with van der Waals surface area (Å²) in [4.78, 5) is 2.48. The van der Waals surface area contributed by atoms with Crippen molar-refractivity contribution in [1.82, 2.24) is 4.57 Å². The van der Waals surface area contributed by atoms with Crippen molar-refractivity contribution >= 4 is 81.1 Å². The van der Waals surface area contributed by atoms with E-state index in [4.69, 9.17) is 0 Å². The minimum atomic E-state index is 1.13. The van der Waals surface area contributed by atoms with Crippen LogP contribution < -0.4 is 4.90 Å². The van der Waals surface area contributed by atoms with Gasteiger partial charge in [-0.2, -0.15) is 0 Å². The Labute approximate surface area is 288 Å². The third-order valence-corrected chi connectivity index (χ3v) is 10.9. The maximum absolute atomic E-state index is 2.48. The molecule has 0 aliphatic heterocycles. The van der Waals surface area contributed by atoms with Gasteiger partial charge in [-0.1, -0.05) is 121 Å². The predicted molar refractivity (Wildman–Crippen MR) is 211 cm³/mol. The molecule has 0 fully saturated rings. The van der Waals surface area contributed by atoms with Crippen LogP contribution in [0.15, 0.2) is 182 Å². The largest absolute Gasteiger partial charge is 0.309 e. The van der Waals surface area contributed by atoms with Crippen LogP contribution in [0.2, 0.25) is 0 Å². The van der Waals surface area contributed by atoms with E-state index in [1.807, 2.05) is 11.3 Å². The average molecular weight is 643 g/mol. The number of anilines is 3. The number of rotatable bonds is 5. The van der Waals surface area contributed by atoms with Crippen molar-refractivity contribution in [2.24, 2.45) is 0 Å². The Morgan fingerprint density at radius 3 is 1.94 bits per heavy atom. The molecule has 0 radical (unpaired) electrons. The average Bonchev–Trinajstić information content (AvgIpc) is 3.72. The zero-order valence-electron chi connectivity index (χ0n) is 26.6. The van der Waals surface area contributed by atoms with Gasteiger partial charge in [-0.15, -0.1) is 11.3 Å². The third-order valence-electron chi connectivity index (χ3n) is 9.73. The minimum absolute atomic E-state index is 1.13. The molecule has 49 heavy (non-hydrogen) atoms. The second-order valence-electron chi connectivity index (χ2n) is 12.6. The zero-order chi connectivity index (χ0) is 32.3. The molecule has 0 aliphatic carbocycles. The fourth-order valence-electron chi connectivity index (χ4n) is 7.56. The molecule has 2 nitrogen and oxygen atoms in total. The number of aromatic nitrogens is 1. The van der Waals surface area contributed by atoms with Gasteiger partial charge in [0.2, 0.25) is 0 Å². The smallest absolute Gasteiger partial charge is 0.0646 e. The highest BCUT2D eigenvalue weighted by atomic mass is 32.1. The fraction of sp³-hybridized carbons (Fsp3) is 0. The number of benzene rings is 8. The first kappa shape index (κ1) is 27.9. The van der Waals surface area contributed by atoms with Crippen molar-refractivity contribution in [2.45, 2.75) is 0 Å². The summed E-state index contributed by atoms with van der Waals surface area (Å²) < 4.78 is 4.97. The van der Waals surface area contributed by atoms with Crippen molar-refractivity contribution < 1.29 is 0 Å². The maximum Gasteiger partial charge on any atom is 0.0646 e. The van der Waals surface area contributed by atoms with Crippen molar-refractivity contribution in [3.63, 3.8) is 0 Å². The van der Waals surface area contributed by atoms with Crippen LogP contribution in [0, 0.1) is 0 Å². The fourth-order valence-corrected chi connectivity index (χ4v) is 8.78. The molecule has 2 heterocycles. The molecule has 0 bridgehead atoms. The van der Waals surface area contributed by atoms with Gasteiger partial charge in [0.1, 0.15) is 0 Å². The van der Waals surface area contributed by atoms with E-state index < -0.39 is 0 Å². The Balaban J connectivity index is 1.29. The summed E-state index contributed by atoms with van der Waals surface area (Å²) >= 11 is 1.88. The molecule has 0 saturated heterocycles. The van der Waals surface area contributed by atoms with Crippen LogP contribution in [0.5, 0.6) is 0 Å². The second kappa shape index (κ2) is 11.2. The molecule has 10 aromatic rings. The lowest BCUT2D eigenvalue weighted by Crippen LogP contribution is -2.10. The molecule has 0 aliphatic rings. The highest BCUT2D eigenvalue weighted by Crippen LogP contribution is 2.49. The summed E-state index contributed by atoms with van der Waals surface area (Å²) in [6, 6.07) is 66.1. The maximum atomic E-state index is 2.48. The molecule has 230 valence electrons.